The first-order chi connectivity index (χ1) is 8.75. The normalized spacial score (nSPS) is 22.2. The van der Waals surface area contributed by atoms with Crippen molar-refractivity contribution in [1.82, 2.24) is 10.2 Å². The molecule has 0 bridgehead atoms. The van der Waals surface area contributed by atoms with Gasteiger partial charge < -0.3 is 15.3 Å². The summed E-state index contributed by atoms with van der Waals surface area (Å²) in [6.07, 6.45) is 1.07. The summed E-state index contributed by atoms with van der Waals surface area (Å²) in [5.74, 6) is -1.96. The molecule has 0 aromatic heterocycles. The zero-order valence-corrected chi connectivity index (χ0v) is 12.4. The van der Waals surface area contributed by atoms with Gasteiger partial charge in [-0.05, 0) is 30.8 Å². The Hall–Kier alpha value is -1.10. The van der Waals surface area contributed by atoms with Gasteiger partial charge >= 0.3 is 5.97 Å². The Labute approximate surface area is 115 Å². The summed E-state index contributed by atoms with van der Waals surface area (Å²) in [6.45, 7) is 11.1. The number of hydrogen-bond donors (Lipinski definition) is 2. The Morgan fingerprint density at radius 3 is 2.47 bits per heavy atom. The number of hydrogen-bond acceptors (Lipinski definition) is 3. The standard InChI is InChI=1S/C14H26N2O3/c1-5-16-7-6-10(9-16)8-15-12(17)11(13(18)19)14(2,3)4/h10-11H,5-9H2,1-4H3,(H,15,17)(H,18,19). The monoisotopic (exact) mass is 270 g/mol. The average molecular weight is 270 g/mol. The maximum absolute atomic E-state index is 12.0. The molecule has 2 atom stereocenters. The molecule has 0 aromatic rings. The summed E-state index contributed by atoms with van der Waals surface area (Å²) < 4.78 is 0. The van der Waals surface area contributed by atoms with Crippen LogP contribution in [0, 0.1) is 17.3 Å². The largest absolute Gasteiger partial charge is 0.481 e. The van der Waals surface area contributed by atoms with Crippen molar-refractivity contribution in [1.29, 1.82) is 0 Å². The molecule has 1 saturated heterocycles. The molecule has 1 amide bonds. The van der Waals surface area contributed by atoms with Crippen LogP contribution in [-0.4, -0.2) is 48.1 Å². The van der Waals surface area contributed by atoms with Gasteiger partial charge in [-0.2, -0.15) is 0 Å². The van der Waals surface area contributed by atoms with Crippen LogP contribution in [0.3, 0.4) is 0 Å². The average Bonchev–Trinajstić information content (AvgIpc) is 2.71. The van der Waals surface area contributed by atoms with Crippen LogP contribution in [0.1, 0.15) is 34.1 Å². The Morgan fingerprint density at radius 2 is 2.05 bits per heavy atom. The van der Waals surface area contributed by atoms with Gasteiger partial charge in [0.05, 0.1) is 0 Å². The lowest BCUT2D eigenvalue weighted by molar-refractivity contribution is -0.151. The molecule has 19 heavy (non-hydrogen) atoms. The van der Waals surface area contributed by atoms with Crippen molar-refractivity contribution >= 4 is 11.9 Å². The number of carbonyl (C=O) groups excluding carboxylic acids is 1. The number of amides is 1. The highest BCUT2D eigenvalue weighted by Crippen LogP contribution is 2.26. The molecule has 0 radical (unpaired) electrons. The van der Waals surface area contributed by atoms with E-state index in [2.05, 4.69) is 17.1 Å². The van der Waals surface area contributed by atoms with Crippen molar-refractivity contribution in [3.8, 4) is 0 Å². The fourth-order valence-electron chi connectivity index (χ4n) is 2.59. The van der Waals surface area contributed by atoms with E-state index in [1.54, 1.807) is 20.8 Å². The summed E-state index contributed by atoms with van der Waals surface area (Å²) in [6, 6.07) is 0. The minimum Gasteiger partial charge on any atom is -0.481 e. The van der Waals surface area contributed by atoms with E-state index in [1.165, 1.54) is 0 Å². The van der Waals surface area contributed by atoms with Crippen LogP contribution in [0.2, 0.25) is 0 Å². The van der Waals surface area contributed by atoms with Gasteiger partial charge in [0.25, 0.3) is 0 Å². The quantitative estimate of drug-likeness (QED) is 0.736. The van der Waals surface area contributed by atoms with E-state index in [9.17, 15) is 14.7 Å². The summed E-state index contributed by atoms with van der Waals surface area (Å²) in [5, 5.41) is 12.0. The zero-order valence-electron chi connectivity index (χ0n) is 12.4. The van der Waals surface area contributed by atoms with Crippen LogP contribution in [-0.2, 0) is 9.59 Å². The Morgan fingerprint density at radius 1 is 1.42 bits per heavy atom. The van der Waals surface area contributed by atoms with Gasteiger partial charge in [-0.25, -0.2) is 0 Å². The number of carboxylic acids is 1. The second-order valence-corrected chi connectivity index (χ2v) is 6.43. The van der Waals surface area contributed by atoms with Gasteiger partial charge in [0.2, 0.25) is 5.91 Å². The van der Waals surface area contributed by atoms with E-state index in [4.69, 9.17) is 0 Å². The lowest BCUT2D eigenvalue weighted by Gasteiger charge is -2.26. The molecule has 1 aliphatic heterocycles. The highest BCUT2D eigenvalue weighted by Gasteiger charge is 2.37. The minimum absolute atomic E-state index is 0.366. The predicted molar refractivity (Wildman–Crippen MR) is 73.8 cm³/mol. The second-order valence-electron chi connectivity index (χ2n) is 6.43. The van der Waals surface area contributed by atoms with E-state index in [0.717, 1.165) is 26.1 Å². The molecule has 1 heterocycles. The van der Waals surface area contributed by atoms with Gasteiger partial charge in [-0.1, -0.05) is 27.7 Å². The lowest BCUT2D eigenvalue weighted by atomic mass is 9.80. The molecule has 1 rings (SSSR count). The van der Waals surface area contributed by atoms with Crippen molar-refractivity contribution in [3.63, 3.8) is 0 Å². The van der Waals surface area contributed by atoms with E-state index in [1.807, 2.05) is 0 Å². The lowest BCUT2D eigenvalue weighted by Crippen LogP contribution is -2.44. The fourth-order valence-corrected chi connectivity index (χ4v) is 2.59. The van der Waals surface area contributed by atoms with Gasteiger partial charge in [0.1, 0.15) is 5.92 Å². The number of likely N-dealkylation sites (tertiary alicyclic amines) is 1. The summed E-state index contributed by atoms with van der Waals surface area (Å²) in [7, 11) is 0. The predicted octanol–water partition coefficient (Wildman–Crippen LogP) is 1.19. The third-order valence-corrected chi connectivity index (χ3v) is 3.76. The van der Waals surface area contributed by atoms with Crippen LogP contribution in [0.4, 0.5) is 0 Å². The number of carbonyl (C=O) groups is 2. The van der Waals surface area contributed by atoms with Crippen LogP contribution in [0.15, 0.2) is 0 Å². The Bertz CT molecular complexity index is 336. The van der Waals surface area contributed by atoms with Gasteiger partial charge in [-0.15, -0.1) is 0 Å². The zero-order chi connectivity index (χ0) is 14.6. The third kappa shape index (κ3) is 4.49. The topological polar surface area (TPSA) is 69.6 Å². The number of nitrogens with one attached hydrogen (secondary N) is 1. The fraction of sp³-hybridized carbons (Fsp3) is 0.857. The number of rotatable bonds is 5. The summed E-state index contributed by atoms with van der Waals surface area (Å²) in [5.41, 5.74) is -0.568. The Kier molecular flexibility index (Phi) is 5.35. The molecular weight excluding hydrogens is 244 g/mol. The molecule has 0 saturated carbocycles. The first-order valence-corrected chi connectivity index (χ1v) is 6.98. The molecule has 2 unspecified atom stereocenters. The van der Waals surface area contributed by atoms with Crippen molar-refractivity contribution in [3.05, 3.63) is 0 Å². The minimum atomic E-state index is -1.05. The molecule has 110 valence electrons. The van der Waals surface area contributed by atoms with Crippen molar-refractivity contribution in [2.45, 2.75) is 34.1 Å². The molecule has 2 N–H and O–H groups in total. The van der Waals surface area contributed by atoms with Crippen LogP contribution in [0.25, 0.3) is 0 Å². The van der Waals surface area contributed by atoms with E-state index in [-0.39, 0.29) is 5.91 Å². The maximum atomic E-state index is 12.0. The molecule has 0 spiro atoms. The van der Waals surface area contributed by atoms with Gasteiger partial charge in [0.15, 0.2) is 0 Å². The van der Waals surface area contributed by atoms with Gasteiger partial charge in [-0.3, -0.25) is 9.59 Å². The van der Waals surface area contributed by atoms with Gasteiger partial charge in [0, 0.05) is 13.1 Å². The molecule has 0 aliphatic carbocycles. The maximum Gasteiger partial charge on any atom is 0.316 e. The first kappa shape index (κ1) is 16.0. The van der Waals surface area contributed by atoms with Crippen LogP contribution < -0.4 is 5.32 Å². The second kappa shape index (κ2) is 6.37. The molecule has 5 nitrogen and oxygen atoms in total. The first-order valence-electron chi connectivity index (χ1n) is 6.98. The summed E-state index contributed by atoms with van der Waals surface area (Å²) in [4.78, 5) is 25.6. The van der Waals surface area contributed by atoms with Crippen LogP contribution >= 0.6 is 0 Å². The third-order valence-electron chi connectivity index (χ3n) is 3.76. The van der Waals surface area contributed by atoms with Crippen molar-refractivity contribution in [2.75, 3.05) is 26.2 Å². The molecular formula is C14H26N2O3. The van der Waals surface area contributed by atoms with E-state index in [0.29, 0.717) is 12.5 Å². The highest BCUT2D eigenvalue weighted by molar-refractivity contribution is 5.97. The number of aliphatic carboxylic acids is 1. The molecule has 5 heteroatoms. The number of nitrogens with zero attached hydrogens (tertiary/aromatic N) is 1. The SMILES string of the molecule is CCN1CCC(CNC(=O)C(C(=O)O)C(C)(C)C)C1. The van der Waals surface area contributed by atoms with Crippen LogP contribution in [0.5, 0.6) is 0 Å². The van der Waals surface area contributed by atoms with Crippen molar-refractivity contribution in [2.24, 2.45) is 17.3 Å². The highest BCUT2D eigenvalue weighted by atomic mass is 16.4. The smallest absolute Gasteiger partial charge is 0.316 e. The molecule has 0 aromatic carbocycles. The van der Waals surface area contributed by atoms with E-state index >= 15 is 0 Å². The molecule has 1 fully saturated rings. The van der Waals surface area contributed by atoms with Crippen molar-refractivity contribution < 1.29 is 14.7 Å². The Balaban J connectivity index is 2.48. The van der Waals surface area contributed by atoms with E-state index < -0.39 is 17.3 Å². The molecule has 1 aliphatic rings. The number of carboxylic acid groups (broad SMARTS) is 1. The summed E-state index contributed by atoms with van der Waals surface area (Å²) >= 11 is 0.